The summed E-state index contributed by atoms with van der Waals surface area (Å²) in [6.07, 6.45) is 2.88. The molecule has 3 rings (SSSR count). The van der Waals surface area contributed by atoms with Crippen LogP contribution in [0.4, 0.5) is 0 Å². The molecule has 1 heterocycles. The van der Waals surface area contributed by atoms with E-state index in [0.717, 1.165) is 19.3 Å². The summed E-state index contributed by atoms with van der Waals surface area (Å²) in [5, 5.41) is 8.90. The highest BCUT2D eigenvalue weighted by molar-refractivity contribution is 7.89. The number of aromatic carboxylic acids is 1. The molecule has 1 saturated carbocycles. The highest BCUT2D eigenvalue weighted by Crippen LogP contribution is 2.42. The first kappa shape index (κ1) is 17.9. The van der Waals surface area contributed by atoms with E-state index >= 15 is 0 Å². The lowest BCUT2D eigenvalue weighted by molar-refractivity contribution is -0.147. The summed E-state index contributed by atoms with van der Waals surface area (Å²) < 4.78 is 26.7. The minimum atomic E-state index is -3.68. The van der Waals surface area contributed by atoms with E-state index < -0.39 is 16.0 Å². The molecule has 0 unspecified atom stereocenters. The van der Waals surface area contributed by atoms with E-state index in [1.54, 1.807) is 4.90 Å². The molecular weight excluding hydrogens is 344 g/mol. The number of carbonyl (C=O) groups is 2. The number of amides is 1. The van der Waals surface area contributed by atoms with Crippen LogP contribution in [0.25, 0.3) is 0 Å². The van der Waals surface area contributed by atoms with Crippen LogP contribution in [-0.4, -0.2) is 60.8 Å². The molecule has 1 saturated heterocycles. The van der Waals surface area contributed by atoms with E-state index in [-0.39, 0.29) is 34.9 Å². The van der Waals surface area contributed by atoms with Gasteiger partial charge in [0.2, 0.25) is 15.9 Å². The van der Waals surface area contributed by atoms with Crippen LogP contribution >= 0.6 is 0 Å². The van der Waals surface area contributed by atoms with Crippen molar-refractivity contribution in [3.63, 3.8) is 0 Å². The van der Waals surface area contributed by atoms with Gasteiger partial charge in [-0.1, -0.05) is 13.3 Å². The predicted octanol–water partition coefficient (Wildman–Crippen LogP) is 1.41. The first-order chi connectivity index (χ1) is 11.7. The number of carboxylic acid groups (broad SMARTS) is 1. The van der Waals surface area contributed by atoms with Crippen molar-refractivity contribution in [2.45, 2.75) is 31.1 Å². The Balaban J connectivity index is 1.67. The zero-order valence-electron chi connectivity index (χ0n) is 14.1. The second-order valence-electron chi connectivity index (χ2n) is 6.94. The molecule has 8 heteroatoms. The number of sulfonamides is 1. The van der Waals surface area contributed by atoms with Gasteiger partial charge in [-0.3, -0.25) is 4.79 Å². The number of carbonyl (C=O) groups excluding carboxylic acids is 1. The van der Waals surface area contributed by atoms with Crippen LogP contribution in [0.2, 0.25) is 0 Å². The molecule has 1 aromatic carbocycles. The van der Waals surface area contributed by atoms with E-state index in [4.69, 9.17) is 5.11 Å². The van der Waals surface area contributed by atoms with Crippen molar-refractivity contribution in [3.8, 4) is 0 Å². The predicted molar refractivity (Wildman–Crippen MR) is 90.7 cm³/mol. The van der Waals surface area contributed by atoms with Gasteiger partial charge >= 0.3 is 5.97 Å². The fourth-order valence-corrected chi connectivity index (χ4v) is 4.77. The topological polar surface area (TPSA) is 95.0 Å². The van der Waals surface area contributed by atoms with Gasteiger partial charge in [-0.15, -0.1) is 0 Å². The van der Waals surface area contributed by atoms with Gasteiger partial charge in [0.25, 0.3) is 0 Å². The van der Waals surface area contributed by atoms with Crippen LogP contribution < -0.4 is 0 Å². The molecule has 0 atom stereocenters. The molecular formula is C17H22N2O5S. The number of hydrogen-bond donors (Lipinski definition) is 1. The number of benzene rings is 1. The third-order valence-electron chi connectivity index (χ3n) is 5.24. The third-order valence-corrected chi connectivity index (χ3v) is 7.15. The standard InChI is InChI=1S/C17H22N2O5S/c1-17(7-2-8-17)16(22)18-9-11-19(12-10-18)25(23,24)14-5-3-13(4-6-14)15(20)21/h3-6H,2,7-12H2,1H3,(H,20,21). The fourth-order valence-electron chi connectivity index (χ4n) is 3.35. The fraction of sp³-hybridized carbons (Fsp3) is 0.529. The van der Waals surface area contributed by atoms with E-state index in [0.29, 0.717) is 13.1 Å². The van der Waals surface area contributed by atoms with Crippen LogP contribution in [0, 0.1) is 5.41 Å². The molecule has 0 spiro atoms. The van der Waals surface area contributed by atoms with Crippen molar-refractivity contribution < 1.29 is 23.1 Å². The Morgan fingerprint density at radius 3 is 2.04 bits per heavy atom. The lowest BCUT2D eigenvalue weighted by Gasteiger charge is -2.43. The molecule has 0 radical (unpaired) electrons. The summed E-state index contributed by atoms with van der Waals surface area (Å²) in [6.45, 7) is 3.27. The Morgan fingerprint density at radius 2 is 1.60 bits per heavy atom. The molecule has 7 nitrogen and oxygen atoms in total. The molecule has 1 N–H and O–H groups in total. The zero-order chi connectivity index (χ0) is 18.2. The first-order valence-corrected chi connectivity index (χ1v) is 9.81. The van der Waals surface area contributed by atoms with Crippen molar-refractivity contribution in [3.05, 3.63) is 29.8 Å². The van der Waals surface area contributed by atoms with Crippen LogP contribution in [0.3, 0.4) is 0 Å². The minimum absolute atomic E-state index is 0.0445. The average molecular weight is 366 g/mol. The zero-order valence-corrected chi connectivity index (χ0v) is 15.0. The average Bonchev–Trinajstić information content (AvgIpc) is 2.59. The Bertz CT molecular complexity index is 776. The van der Waals surface area contributed by atoms with Gasteiger partial charge < -0.3 is 10.0 Å². The van der Waals surface area contributed by atoms with Gasteiger partial charge in [-0.2, -0.15) is 4.31 Å². The minimum Gasteiger partial charge on any atom is -0.478 e. The Hall–Kier alpha value is -1.93. The highest BCUT2D eigenvalue weighted by Gasteiger charge is 2.43. The van der Waals surface area contributed by atoms with Gasteiger partial charge in [-0.05, 0) is 37.1 Å². The van der Waals surface area contributed by atoms with Crippen molar-refractivity contribution in [2.24, 2.45) is 5.41 Å². The van der Waals surface area contributed by atoms with E-state index in [2.05, 4.69) is 0 Å². The Labute approximate surface area is 147 Å². The second-order valence-corrected chi connectivity index (χ2v) is 8.88. The van der Waals surface area contributed by atoms with Gasteiger partial charge in [0.1, 0.15) is 0 Å². The van der Waals surface area contributed by atoms with Crippen molar-refractivity contribution in [1.82, 2.24) is 9.21 Å². The lowest BCUT2D eigenvalue weighted by atomic mass is 9.69. The summed E-state index contributed by atoms with van der Waals surface area (Å²) in [5.74, 6) is -0.970. The molecule has 1 aliphatic carbocycles. The molecule has 25 heavy (non-hydrogen) atoms. The SMILES string of the molecule is CC1(C(=O)N2CCN(S(=O)(=O)c3ccc(C(=O)O)cc3)CC2)CCC1. The molecule has 1 aromatic rings. The summed E-state index contributed by atoms with van der Waals surface area (Å²) in [4.78, 5) is 25.2. The molecule has 136 valence electrons. The Kier molecular flexibility index (Phi) is 4.59. The van der Waals surface area contributed by atoms with Gasteiger partial charge in [0.15, 0.2) is 0 Å². The van der Waals surface area contributed by atoms with Crippen molar-refractivity contribution in [1.29, 1.82) is 0 Å². The summed E-state index contributed by atoms with van der Waals surface area (Å²) >= 11 is 0. The van der Waals surface area contributed by atoms with Gasteiger partial charge in [0.05, 0.1) is 10.5 Å². The second kappa shape index (κ2) is 6.42. The normalized spacial score (nSPS) is 20.8. The smallest absolute Gasteiger partial charge is 0.335 e. The Morgan fingerprint density at radius 1 is 1.04 bits per heavy atom. The van der Waals surface area contributed by atoms with Gasteiger partial charge in [0, 0.05) is 31.6 Å². The molecule has 1 aliphatic heterocycles. The van der Waals surface area contributed by atoms with E-state index in [1.807, 2.05) is 6.92 Å². The number of rotatable bonds is 4. The van der Waals surface area contributed by atoms with Crippen LogP contribution in [0.15, 0.2) is 29.2 Å². The maximum Gasteiger partial charge on any atom is 0.335 e. The summed E-state index contributed by atoms with van der Waals surface area (Å²) in [7, 11) is -3.68. The quantitative estimate of drug-likeness (QED) is 0.869. The number of nitrogens with zero attached hydrogens (tertiary/aromatic N) is 2. The number of carboxylic acids is 1. The van der Waals surface area contributed by atoms with Crippen LogP contribution in [0.1, 0.15) is 36.5 Å². The summed E-state index contributed by atoms with van der Waals surface area (Å²) in [5.41, 5.74) is -0.226. The van der Waals surface area contributed by atoms with E-state index in [9.17, 15) is 18.0 Å². The maximum atomic E-state index is 12.7. The van der Waals surface area contributed by atoms with Crippen molar-refractivity contribution >= 4 is 21.9 Å². The third kappa shape index (κ3) is 3.28. The molecule has 2 aliphatic rings. The molecule has 0 bridgehead atoms. The van der Waals surface area contributed by atoms with Crippen molar-refractivity contribution in [2.75, 3.05) is 26.2 Å². The molecule has 2 fully saturated rings. The lowest BCUT2D eigenvalue weighted by Crippen LogP contribution is -2.55. The first-order valence-electron chi connectivity index (χ1n) is 8.37. The summed E-state index contributed by atoms with van der Waals surface area (Å²) in [6, 6.07) is 5.19. The highest BCUT2D eigenvalue weighted by atomic mass is 32.2. The number of hydrogen-bond acceptors (Lipinski definition) is 4. The van der Waals surface area contributed by atoms with Gasteiger partial charge in [-0.25, -0.2) is 13.2 Å². The maximum absolute atomic E-state index is 12.7. The van der Waals surface area contributed by atoms with Crippen LogP contribution in [0.5, 0.6) is 0 Å². The molecule has 0 aromatic heterocycles. The van der Waals surface area contributed by atoms with Crippen LogP contribution in [-0.2, 0) is 14.8 Å². The van der Waals surface area contributed by atoms with E-state index in [1.165, 1.54) is 28.6 Å². The monoisotopic (exact) mass is 366 g/mol. The number of piperazine rings is 1. The largest absolute Gasteiger partial charge is 0.478 e. The molecule has 1 amide bonds.